The van der Waals surface area contributed by atoms with Crippen LogP contribution in [0.1, 0.15) is 18.6 Å². The standard InChI is InChI=1S/C10H14N6O/c1-3-11-8-4-9(14-6-13-8)12-5-10-15-7(2)16-17-10/h4,6H,3,5H2,1-2H3,(H2,11,12,13,14). The van der Waals surface area contributed by atoms with Gasteiger partial charge in [0.25, 0.3) is 0 Å². The molecule has 0 unspecified atom stereocenters. The van der Waals surface area contributed by atoms with Crippen LogP contribution in [0.15, 0.2) is 16.9 Å². The van der Waals surface area contributed by atoms with Gasteiger partial charge >= 0.3 is 0 Å². The largest absolute Gasteiger partial charge is 0.370 e. The highest BCUT2D eigenvalue weighted by molar-refractivity contribution is 5.46. The van der Waals surface area contributed by atoms with Crippen LogP contribution in [-0.2, 0) is 6.54 Å². The zero-order valence-corrected chi connectivity index (χ0v) is 9.77. The summed E-state index contributed by atoms with van der Waals surface area (Å²) >= 11 is 0. The first-order valence-corrected chi connectivity index (χ1v) is 5.37. The summed E-state index contributed by atoms with van der Waals surface area (Å²) in [7, 11) is 0. The second kappa shape index (κ2) is 5.24. The summed E-state index contributed by atoms with van der Waals surface area (Å²) in [5.74, 6) is 2.66. The molecule has 0 saturated heterocycles. The number of aryl methyl sites for hydroxylation is 1. The Morgan fingerprint density at radius 3 is 2.65 bits per heavy atom. The molecule has 0 radical (unpaired) electrons. The lowest BCUT2D eigenvalue weighted by molar-refractivity contribution is 0.379. The molecule has 7 nitrogen and oxygen atoms in total. The summed E-state index contributed by atoms with van der Waals surface area (Å²) < 4.78 is 4.98. The third kappa shape index (κ3) is 3.13. The number of nitrogens with zero attached hydrogens (tertiary/aromatic N) is 4. The average molecular weight is 234 g/mol. The van der Waals surface area contributed by atoms with Gasteiger partial charge in [-0.25, -0.2) is 9.97 Å². The van der Waals surface area contributed by atoms with Crippen molar-refractivity contribution in [3.63, 3.8) is 0 Å². The molecule has 0 aliphatic rings. The van der Waals surface area contributed by atoms with Gasteiger partial charge in [0.05, 0.1) is 6.54 Å². The summed E-state index contributed by atoms with van der Waals surface area (Å²) in [5, 5.41) is 9.90. The van der Waals surface area contributed by atoms with E-state index < -0.39 is 0 Å². The zero-order chi connectivity index (χ0) is 12.1. The molecule has 2 rings (SSSR count). The van der Waals surface area contributed by atoms with Crippen LogP contribution < -0.4 is 10.6 Å². The minimum atomic E-state index is 0.448. The Balaban J connectivity index is 1.96. The molecule has 0 aromatic carbocycles. The summed E-state index contributed by atoms with van der Waals surface area (Å²) in [6.07, 6.45) is 1.50. The van der Waals surface area contributed by atoms with Gasteiger partial charge in [0.1, 0.15) is 18.0 Å². The van der Waals surface area contributed by atoms with E-state index in [0.29, 0.717) is 24.1 Å². The van der Waals surface area contributed by atoms with Crippen molar-refractivity contribution in [1.82, 2.24) is 20.1 Å². The molecule has 0 spiro atoms. The van der Waals surface area contributed by atoms with Gasteiger partial charge in [-0.05, 0) is 13.8 Å². The van der Waals surface area contributed by atoms with Gasteiger partial charge in [-0.2, -0.15) is 4.98 Å². The third-order valence-corrected chi connectivity index (χ3v) is 2.02. The Morgan fingerprint density at radius 1 is 1.24 bits per heavy atom. The summed E-state index contributed by atoms with van der Waals surface area (Å²) in [4.78, 5) is 12.3. The number of nitrogens with one attached hydrogen (secondary N) is 2. The summed E-state index contributed by atoms with van der Waals surface area (Å²) in [6.45, 7) is 5.06. The molecule has 2 aromatic rings. The van der Waals surface area contributed by atoms with E-state index in [1.165, 1.54) is 6.33 Å². The third-order valence-electron chi connectivity index (χ3n) is 2.02. The fourth-order valence-electron chi connectivity index (χ4n) is 1.31. The zero-order valence-electron chi connectivity index (χ0n) is 9.77. The average Bonchev–Trinajstić information content (AvgIpc) is 2.74. The van der Waals surface area contributed by atoms with Crippen molar-refractivity contribution < 1.29 is 4.52 Å². The molecule has 0 saturated carbocycles. The number of anilines is 2. The second-order valence-corrected chi connectivity index (χ2v) is 3.41. The Hall–Kier alpha value is -2.18. The van der Waals surface area contributed by atoms with Gasteiger partial charge in [0.2, 0.25) is 5.89 Å². The quantitative estimate of drug-likeness (QED) is 0.803. The van der Waals surface area contributed by atoms with Crippen molar-refractivity contribution in [3.8, 4) is 0 Å². The molecule has 0 bridgehead atoms. The van der Waals surface area contributed by atoms with Crippen LogP contribution >= 0.6 is 0 Å². The fraction of sp³-hybridized carbons (Fsp3) is 0.400. The van der Waals surface area contributed by atoms with E-state index in [2.05, 4.69) is 30.7 Å². The van der Waals surface area contributed by atoms with Crippen LogP contribution in [0.25, 0.3) is 0 Å². The molecule has 0 fully saturated rings. The molecule has 2 N–H and O–H groups in total. The lowest BCUT2D eigenvalue weighted by Crippen LogP contribution is -2.04. The molecule has 0 aliphatic carbocycles. The van der Waals surface area contributed by atoms with Crippen molar-refractivity contribution in [2.24, 2.45) is 0 Å². The predicted molar refractivity (Wildman–Crippen MR) is 62.6 cm³/mol. The molecule has 0 atom stereocenters. The van der Waals surface area contributed by atoms with Gasteiger partial charge in [-0.1, -0.05) is 5.16 Å². The molecule has 0 amide bonds. The van der Waals surface area contributed by atoms with E-state index in [0.717, 1.165) is 12.4 Å². The lowest BCUT2D eigenvalue weighted by Gasteiger charge is -2.05. The Bertz CT molecular complexity index is 483. The molecular formula is C10H14N6O. The maximum Gasteiger partial charge on any atom is 0.245 e. The van der Waals surface area contributed by atoms with E-state index >= 15 is 0 Å². The first-order valence-electron chi connectivity index (χ1n) is 5.37. The smallest absolute Gasteiger partial charge is 0.245 e. The topological polar surface area (TPSA) is 88.8 Å². The number of rotatable bonds is 5. The maximum atomic E-state index is 4.98. The molecule has 90 valence electrons. The molecule has 17 heavy (non-hydrogen) atoms. The van der Waals surface area contributed by atoms with Crippen molar-refractivity contribution in [3.05, 3.63) is 24.1 Å². The molecule has 0 aliphatic heterocycles. The highest BCUT2D eigenvalue weighted by Crippen LogP contribution is 2.09. The van der Waals surface area contributed by atoms with Crippen molar-refractivity contribution in [2.45, 2.75) is 20.4 Å². The monoisotopic (exact) mass is 234 g/mol. The summed E-state index contributed by atoms with van der Waals surface area (Å²) in [5.41, 5.74) is 0. The number of hydrogen-bond donors (Lipinski definition) is 2. The van der Waals surface area contributed by atoms with E-state index in [9.17, 15) is 0 Å². The Kier molecular flexibility index (Phi) is 3.49. The molecular weight excluding hydrogens is 220 g/mol. The van der Waals surface area contributed by atoms with E-state index in [-0.39, 0.29) is 0 Å². The van der Waals surface area contributed by atoms with Gasteiger partial charge in [0, 0.05) is 12.6 Å². The van der Waals surface area contributed by atoms with Crippen LogP contribution in [0, 0.1) is 6.92 Å². The SMILES string of the molecule is CCNc1cc(NCc2nc(C)no2)ncn1. The highest BCUT2D eigenvalue weighted by atomic mass is 16.5. The van der Waals surface area contributed by atoms with Gasteiger partial charge in [0.15, 0.2) is 5.82 Å². The van der Waals surface area contributed by atoms with Crippen molar-refractivity contribution in [2.75, 3.05) is 17.2 Å². The maximum absolute atomic E-state index is 4.98. The van der Waals surface area contributed by atoms with E-state index in [1.807, 2.05) is 13.0 Å². The lowest BCUT2D eigenvalue weighted by atomic mass is 10.5. The van der Waals surface area contributed by atoms with E-state index in [4.69, 9.17) is 4.52 Å². The van der Waals surface area contributed by atoms with Crippen molar-refractivity contribution in [1.29, 1.82) is 0 Å². The predicted octanol–water partition coefficient (Wildman–Crippen LogP) is 1.21. The van der Waals surface area contributed by atoms with Gasteiger partial charge in [-0.15, -0.1) is 0 Å². The van der Waals surface area contributed by atoms with Gasteiger partial charge < -0.3 is 15.2 Å². The minimum absolute atomic E-state index is 0.448. The first-order chi connectivity index (χ1) is 8.28. The van der Waals surface area contributed by atoms with Crippen LogP contribution in [-0.4, -0.2) is 26.7 Å². The molecule has 7 heteroatoms. The first kappa shape index (κ1) is 11.3. The van der Waals surface area contributed by atoms with Crippen LogP contribution in [0.5, 0.6) is 0 Å². The van der Waals surface area contributed by atoms with Crippen LogP contribution in [0.2, 0.25) is 0 Å². The van der Waals surface area contributed by atoms with Gasteiger partial charge in [-0.3, -0.25) is 0 Å². The normalized spacial score (nSPS) is 10.2. The Morgan fingerprint density at radius 2 is 2.00 bits per heavy atom. The van der Waals surface area contributed by atoms with Crippen LogP contribution in [0.3, 0.4) is 0 Å². The molecule has 2 heterocycles. The van der Waals surface area contributed by atoms with Crippen LogP contribution in [0.4, 0.5) is 11.6 Å². The summed E-state index contributed by atoms with van der Waals surface area (Å²) in [6, 6.07) is 1.83. The van der Waals surface area contributed by atoms with Crippen molar-refractivity contribution >= 4 is 11.6 Å². The number of hydrogen-bond acceptors (Lipinski definition) is 7. The molecule has 2 aromatic heterocycles. The second-order valence-electron chi connectivity index (χ2n) is 3.41. The minimum Gasteiger partial charge on any atom is -0.370 e. The van der Waals surface area contributed by atoms with E-state index in [1.54, 1.807) is 6.92 Å². The fourth-order valence-corrected chi connectivity index (χ4v) is 1.31. The number of aromatic nitrogens is 4. The highest BCUT2D eigenvalue weighted by Gasteiger charge is 2.03. The Labute approximate surface area is 98.7 Å².